The van der Waals surface area contributed by atoms with Crippen molar-refractivity contribution in [2.24, 2.45) is 11.7 Å². The van der Waals surface area contributed by atoms with Crippen molar-refractivity contribution < 1.29 is 14.3 Å². The first-order valence-electron chi connectivity index (χ1n) is 13.9. The molecular formula is C29H44N6O3. The minimum absolute atomic E-state index is 0.0319. The largest absolute Gasteiger partial charge is 0.476 e. The molecule has 3 heterocycles. The van der Waals surface area contributed by atoms with E-state index in [0.29, 0.717) is 49.2 Å². The first-order valence-corrected chi connectivity index (χ1v) is 13.9. The smallest absolute Gasteiger partial charge is 0.219 e. The van der Waals surface area contributed by atoms with Crippen LogP contribution in [0.5, 0.6) is 5.88 Å². The Morgan fingerprint density at radius 3 is 2.45 bits per heavy atom. The number of anilines is 1. The van der Waals surface area contributed by atoms with E-state index in [-0.39, 0.29) is 17.3 Å². The Kier molecular flexibility index (Phi) is 11.1. The lowest BCUT2D eigenvalue weighted by atomic mass is 9.81. The molecule has 1 aliphatic carbocycles. The van der Waals surface area contributed by atoms with Gasteiger partial charge >= 0.3 is 0 Å². The van der Waals surface area contributed by atoms with Crippen molar-refractivity contribution in [1.82, 2.24) is 19.8 Å². The highest BCUT2D eigenvalue weighted by Gasteiger charge is 2.32. The van der Waals surface area contributed by atoms with E-state index in [4.69, 9.17) is 15.5 Å². The molecule has 0 radical (unpaired) electrons. The highest BCUT2D eigenvalue weighted by atomic mass is 16.5. The maximum atomic E-state index is 13.5. The topological polar surface area (TPSA) is 105 Å². The van der Waals surface area contributed by atoms with Gasteiger partial charge in [-0.3, -0.25) is 9.59 Å². The first-order chi connectivity index (χ1) is 18.4. The van der Waals surface area contributed by atoms with Crippen LogP contribution in [0.3, 0.4) is 0 Å². The number of carbonyl (C=O) groups is 2. The Balaban J connectivity index is 0.00000195. The summed E-state index contributed by atoms with van der Waals surface area (Å²) in [6, 6.07) is 2.25. The molecule has 4 rings (SSSR count). The van der Waals surface area contributed by atoms with Gasteiger partial charge in [0.25, 0.3) is 0 Å². The van der Waals surface area contributed by atoms with Crippen molar-refractivity contribution in [2.45, 2.75) is 64.3 Å². The maximum absolute atomic E-state index is 13.5. The molecule has 0 amide bonds. The maximum Gasteiger partial charge on any atom is 0.219 e. The van der Waals surface area contributed by atoms with Crippen molar-refractivity contribution in [1.29, 1.82) is 0 Å². The van der Waals surface area contributed by atoms with Gasteiger partial charge in [-0.1, -0.05) is 19.8 Å². The molecule has 2 aliphatic heterocycles. The van der Waals surface area contributed by atoms with Crippen LogP contribution in [0.1, 0.15) is 64.1 Å². The fraction of sp³-hybridized carbons (Fsp3) is 0.655. The van der Waals surface area contributed by atoms with E-state index in [1.807, 2.05) is 13.0 Å². The van der Waals surface area contributed by atoms with Gasteiger partial charge in [-0.2, -0.15) is 4.98 Å². The number of piperazine rings is 1. The number of aromatic nitrogens is 2. The number of hydrogen-bond acceptors (Lipinski definition) is 9. The van der Waals surface area contributed by atoms with Crippen LogP contribution in [-0.4, -0.2) is 90.8 Å². The number of likely N-dealkylation sites (N-methyl/N-ethyl adjacent to an activating group) is 2. The molecule has 1 aromatic rings. The molecule has 9 nitrogen and oxygen atoms in total. The molecule has 2 atom stereocenters. The number of ether oxygens (including phenoxy) is 1. The van der Waals surface area contributed by atoms with E-state index in [0.717, 1.165) is 64.2 Å². The van der Waals surface area contributed by atoms with Crippen molar-refractivity contribution in [2.75, 3.05) is 58.3 Å². The summed E-state index contributed by atoms with van der Waals surface area (Å²) < 4.78 is 6.19. The molecule has 0 aromatic carbocycles. The van der Waals surface area contributed by atoms with Gasteiger partial charge in [-0.15, -0.1) is 12.8 Å². The van der Waals surface area contributed by atoms with Crippen LogP contribution in [0.2, 0.25) is 0 Å². The normalized spacial score (nSPS) is 23.4. The lowest BCUT2D eigenvalue weighted by molar-refractivity contribution is -0.132. The summed E-state index contributed by atoms with van der Waals surface area (Å²) in [6.07, 6.45) is 14.3. The van der Waals surface area contributed by atoms with Gasteiger partial charge in [-0.25, -0.2) is 4.98 Å². The zero-order valence-corrected chi connectivity index (χ0v) is 23.3. The van der Waals surface area contributed by atoms with E-state index in [2.05, 4.69) is 46.6 Å². The average molecular weight is 525 g/mol. The summed E-state index contributed by atoms with van der Waals surface area (Å²) in [5, 5.41) is 0. The second kappa shape index (κ2) is 14.3. The number of nitrogens with two attached hydrogens (primary N) is 1. The molecule has 1 saturated carbocycles. The van der Waals surface area contributed by atoms with Crippen molar-refractivity contribution in [3.05, 3.63) is 17.5 Å². The van der Waals surface area contributed by atoms with Crippen LogP contribution >= 0.6 is 0 Å². The second-order valence-electron chi connectivity index (χ2n) is 10.5. The molecule has 38 heavy (non-hydrogen) atoms. The van der Waals surface area contributed by atoms with Gasteiger partial charge in [-0.05, 0) is 52.7 Å². The Morgan fingerprint density at radius 1 is 1.08 bits per heavy atom. The van der Waals surface area contributed by atoms with Crippen molar-refractivity contribution in [3.63, 3.8) is 0 Å². The lowest BCUT2D eigenvalue weighted by Gasteiger charge is -2.33. The SMILES string of the molecule is C#C.CCC/C(C(=O)C1CCCCC1=O)=C(/N)c1nc(OCC2CCCN2C)cc(N2CCN(C)CC2)n1. The average Bonchev–Trinajstić information content (AvgIpc) is 3.36. The third kappa shape index (κ3) is 7.33. The molecule has 2 unspecified atom stereocenters. The van der Waals surface area contributed by atoms with Crippen LogP contribution < -0.4 is 15.4 Å². The predicted molar refractivity (Wildman–Crippen MR) is 151 cm³/mol. The molecule has 2 N–H and O–H groups in total. The van der Waals surface area contributed by atoms with Gasteiger partial charge in [0, 0.05) is 50.3 Å². The van der Waals surface area contributed by atoms with Crippen LogP contribution in [-0.2, 0) is 9.59 Å². The van der Waals surface area contributed by atoms with E-state index in [1.165, 1.54) is 6.42 Å². The molecule has 2 saturated heterocycles. The quantitative estimate of drug-likeness (QED) is 0.297. The molecule has 1 aromatic heterocycles. The number of carbonyl (C=O) groups excluding carboxylic acids is 2. The van der Waals surface area contributed by atoms with Crippen LogP contribution in [0.15, 0.2) is 11.6 Å². The fourth-order valence-electron chi connectivity index (χ4n) is 5.42. The number of Topliss-reactive ketones (excluding diaryl/α,β-unsaturated/α-hetero) is 2. The third-order valence-corrected chi connectivity index (χ3v) is 7.85. The van der Waals surface area contributed by atoms with Gasteiger partial charge in [0.2, 0.25) is 5.88 Å². The number of ketones is 2. The zero-order valence-electron chi connectivity index (χ0n) is 23.3. The van der Waals surface area contributed by atoms with E-state index < -0.39 is 5.92 Å². The van der Waals surface area contributed by atoms with E-state index >= 15 is 0 Å². The molecule has 3 fully saturated rings. The van der Waals surface area contributed by atoms with Crippen molar-refractivity contribution >= 4 is 23.1 Å². The number of hydrogen-bond donors (Lipinski definition) is 1. The van der Waals surface area contributed by atoms with Gasteiger partial charge in [0.1, 0.15) is 18.2 Å². The minimum Gasteiger partial charge on any atom is -0.476 e. The second-order valence-corrected chi connectivity index (χ2v) is 10.5. The summed E-state index contributed by atoms with van der Waals surface area (Å²) in [5.74, 6) is 0.860. The monoisotopic (exact) mass is 524 g/mol. The standard InChI is InChI=1S/C27H42N6O3.C2H2/c1-4-8-21(26(35)20-10-5-6-11-22(20)34)25(28)27-29-23(33-15-13-31(2)14-16-33)17-24(30-27)36-18-19-9-7-12-32(19)3;1-2/h17,19-20H,4-16,18,28H2,1-3H3;1-2H/b25-21-;. The predicted octanol–water partition coefficient (Wildman–Crippen LogP) is 2.75. The zero-order chi connectivity index (χ0) is 27.7. The highest BCUT2D eigenvalue weighted by molar-refractivity contribution is 6.13. The summed E-state index contributed by atoms with van der Waals surface area (Å²) in [4.78, 5) is 42.3. The molecule has 9 heteroatoms. The third-order valence-electron chi connectivity index (χ3n) is 7.85. The van der Waals surface area contributed by atoms with Crippen LogP contribution in [0.25, 0.3) is 5.70 Å². The van der Waals surface area contributed by atoms with E-state index in [9.17, 15) is 9.59 Å². The summed E-state index contributed by atoms with van der Waals surface area (Å²) in [7, 11) is 4.24. The molecule has 0 bridgehead atoms. The molecule has 0 spiro atoms. The van der Waals surface area contributed by atoms with Gasteiger partial charge in [0.15, 0.2) is 11.6 Å². The number of rotatable bonds is 9. The number of allylic oxidation sites excluding steroid dienone is 1. The molecule has 208 valence electrons. The fourth-order valence-corrected chi connectivity index (χ4v) is 5.42. The summed E-state index contributed by atoms with van der Waals surface area (Å²) in [6.45, 7) is 7.21. The van der Waals surface area contributed by atoms with Crippen LogP contribution in [0.4, 0.5) is 5.82 Å². The Hall–Kier alpha value is -2.96. The Bertz CT molecular complexity index is 1010. The molecule has 3 aliphatic rings. The summed E-state index contributed by atoms with van der Waals surface area (Å²) >= 11 is 0. The summed E-state index contributed by atoms with van der Waals surface area (Å²) in [5.41, 5.74) is 7.40. The first kappa shape index (κ1) is 29.6. The van der Waals surface area contributed by atoms with Gasteiger partial charge < -0.3 is 25.2 Å². The number of nitrogens with zero attached hydrogens (tertiary/aromatic N) is 5. The van der Waals surface area contributed by atoms with Crippen LogP contribution in [0, 0.1) is 18.8 Å². The lowest BCUT2D eigenvalue weighted by Crippen LogP contribution is -2.45. The highest BCUT2D eigenvalue weighted by Crippen LogP contribution is 2.29. The minimum atomic E-state index is -0.590. The van der Waals surface area contributed by atoms with Crippen molar-refractivity contribution in [3.8, 4) is 18.7 Å². The van der Waals surface area contributed by atoms with E-state index in [1.54, 1.807) is 0 Å². The number of likely N-dealkylation sites (tertiary alicyclic amines) is 1. The van der Waals surface area contributed by atoms with Gasteiger partial charge in [0.05, 0.1) is 11.6 Å². The number of terminal acetylenes is 1. The molecular weight excluding hydrogens is 480 g/mol. The Labute approximate surface area is 227 Å². The Morgan fingerprint density at radius 2 is 1.82 bits per heavy atom.